The molecule has 5 aliphatic carbocycles. The van der Waals surface area contributed by atoms with Crippen LogP contribution in [0.25, 0.3) is 0 Å². The van der Waals surface area contributed by atoms with Gasteiger partial charge in [0, 0.05) is 77.7 Å². The van der Waals surface area contributed by atoms with Gasteiger partial charge in [0.1, 0.15) is 81.4 Å². The molecule has 11 atom stereocenters. The number of aliphatic carboxylic acids is 2. The largest absolute Gasteiger partial charge is 0.480 e. The number of likely N-dealkylation sites (tertiary alicyclic amines) is 3. The SMILES string of the molecule is CN(C(=O)OCc1ccccc1)[C@@H](CC1CCC1)C(=O)N1C[C@]2(C[C@H]1C#N)C(=O)Nc1ccccc12.CN(C(=O)OCc1ccccc1)[C@@H](CC1CCC1)C(=O)N1C[C@]2(C[C@H]1C#N)C(=O)Nc1ccccc12.CN(C(=O)OCc1ccccc1)[C@@H](CC1CCC1)C(=O)N1C[C@]2(C[C@H]1C(N)=O)C(=O)Nc1ccccc12.CN(C(=O)OCc1ccccc1)[C@@H](CC1CCC1)C(=O)O.O=C(N[C@@H](CC1CCC1)C(=O)O)OCc1ccccc1. The smallest absolute Gasteiger partial charge is 0.410 e. The summed E-state index contributed by atoms with van der Waals surface area (Å²) in [5, 5.41) is 49.5. The summed E-state index contributed by atoms with van der Waals surface area (Å²) < 4.78 is 26.7. The van der Waals surface area contributed by atoms with E-state index < -0.39 is 113 Å². The second kappa shape index (κ2) is 49.9. The number of likely N-dealkylation sites (N-methyl/N-ethyl adjacent to an activating group) is 4. The van der Waals surface area contributed by atoms with Crippen LogP contribution in [0.15, 0.2) is 224 Å². The lowest BCUT2D eigenvalue weighted by Crippen LogP contribution is -2.54. The molecule has 0 bridgehead atoms. The first-order chi connectivity index (χ1) is 72.4. The molecular formula is C115H132N14O21. The molecule has 35 nitrogen and oxygen atoms in total. The van der Waals surface area contributed by atoms with E-state index in [1.165, 1.54) is 41.3 Å². The van der Waals surface area contributed by atoms with Crippen molar-refractivity contribution in [2.75, 3.05) is 63.8 Å². The molecule has 0 radical (unpaired) electrons. The minimum Gasteiger partial charge on any atom is -0.480 e. The zero-order valence-electron chi connectivity index (χ0n) is 85.0. The number of nitrogens with one attached hydrogen (secondary N) is 4. The number of carbonyl (C=O) groups excluding carboxylic acids is 12. The van der Waals surface area contributed by atoms with Crippen molar-refractivity contribution in [3.63, 3.8) is 0 Å². The summed E-state index contributed by atoms with van der Waals surface area (Å²) in [7, 11) is 6.21. The maximum Gasteiger partial charge on any atom is 0.410 e. The second-order valence-corrected chi connectivity index (χ2v) is 41.2. The normalized spacial score (nSPS) is 21.3. The van der Waals surface area contributed by atoms with Crippen molar-refractivity contribution in [3.05, 3.63) is 269 Å². The Kier molecular flexibility index (Phi) is 36.1. The lowest BCUT2D eigenvalue weighted by molar-refractivity contribution is -0.143. The molecule has 3 spiro atoms. The van der Waals surface area contributed by atoms with Gasteiger partial charge in [-0.25, -0.2) is 33.6 Å². The first-order valence-corrected chi connectivity index (χ1v) is 51.8. The number of nitriles is 2. The number of amides is 12. The number of para-hydroxylation sites is 3. The highest BCUT2D eigenvalue weighted by atomic mass is 16.6. The van der Waals surface area contributed by atoms with Crippen LogP contribution in [0.5, 0.6) is 0 Å². The zero-order chi connectivity index (χ0) is 106. The number of nitrogens with two attached hydrogens (primary N) is 1. The summed E-state index contributed by atoms with van der Waals surface area (Å²) in [5.41, 5.74) is 11.6. The van der Waals surface area contributed by atoms with E-state index in [0.29, 0.717) is 67.4 Å². The number of carboxylic acid groups (broad SMARTS) is 2. The van der Waals surface area contributed by atoms with Crippen LogP contribution in [0.4, 0.5) is 41.0 Å². The Bertz CT molecular complexity index is 6050. The molecule has 11 aliphatic rings. The van der Waals surface area contributed by atoms with Crippen LogP contribution in [0.2, 0.25) is 0 Å². The molecule has 12 amide bonds. The Balaban J connectivity index is 0.000000143. The van der Waals surface area contributed by atoms with E-state index in [2.05, 4.69) is 33.4 Å². The molecule has 35 heteroatoms. The Morgan fingerprint density at radius 1 is 0.360 bits per heavy atom. The van der Waals surface area contributed by atoms with Gasteiger partial charge in [-0.15, -0.1) is 0 Å². The first-order valence-electron chi connectivity index (χ1n) is 51.8. The Morgan fingerprint density at radius 2 is 0.613 bits per heavy atom. The minimum atomic E-state index is -1.06. The fourth-order valence-electron chi connectivity index (χ4n) is 21.5. The van der Waals surface area contributed by atoms with E-state index in [4.69, 9.17) is 34.5 Å². The summed E-state index contributed by atoms with van der Waals surface area (Å²) in [5.74, 6) is -2.46. The summed E-state index contributed by atoms with van der Waals surface area (Å²) in [6.45, 7) is 0.848. The molecule has 0 unspecified atom stereocenters. The summed E-state index contributed by atoms with van der Waals surface area (Å²) in [6, 6.07) is 66.9. The predicted octanol–water partition coefficient (Wildman–Crippen LogP) is 15.9. The van der Waals surface area contributed by atoms with Crippen LogP contribution in [0.3, 0.4) is 0 Å². The van der Waals surface area contributed by atoms with Crippen LogP contribution in [-0.2, 0) is 116 Å². The highest BCUT2D eigenvalue weighted by molar-refractivity contribution is 6.10. The number of nitrogens with zero attached hydrogens (tertiary/aromatic N) is 9. The Morgan fingerprint density at radius 3 is 0.887 bits per heavy atom. The lowest BCUT2D eigenvalue weighted by atomic mass is 9.79. The summed E-state index contributed by atoms with van der Waals surface area (Å²) >= 11 is 0. The number of carboxylic acids is 2. The third-order valence-electron chi connectivity index (χ3n) is 31.6. The number of benzene rings is 8. The van der Waals surface area contributed by atoms with Gasteiger partial charge >= 0.3 is 42.4 Å². The van der Waals surface area contributed by atoms with E-state index in [1.807, 2.05) is 224 Å². The van der Waals surface area contributed by atoms with Crippen molar-refractivity contribution < 1.29 is 101 Å². The van der Waals surface area contributed by atoms with Crippen molar-refractivity contribution in [2.45, 2.75) is 245 Å². The number of fused-ring (bicyclic) bond motifs is 6. The van der Waals surface area contributed by atoms with Gasteiger partial charge in [-0.3, -0.25) is 53.2 Å². The number of alkyl carbamates (subject to hydrolysis) is 1. The van der Waals surface area contributed by atoms with Gasteiger partial charge in [-0.1, -0.05) is 303 Å². The van der Waals surface area contributed by atoms with Crippen molar-refractivity contribution in [1.82, 2.24) is 39.6 Å². The highest BCUT2D eigenvalue weighted by Gasteiger charge is 2.61. The van der Waals surface area contributed by atoms with Gasteiger partial charge < -0.3 is 75.6 Å². The highest BCUT2D eigenvalue weighted by Crippen LogP contribution is 2.51. The molecule has 6 aliphatic heterocycles. The van der Waals surface area contributed by atoms with Gasteiger partial charge in [-0.05, 0) is 131 Å². The molecule has 8 aromatic carbocycles. The molecule has 8 fully saturated rings. The fourth-order valence-corrected chi connectivity index (χ4v) is 21.5. The Labute approximate surface area is 872 Å². The van der Waals surface area contributed by atoms with Gasteiger partial charge in [0.15, 0.2) is 0 Å². The van der Waals surface area contributed by atoms with E-state index in [0.717, 1.165) is 152 Å². The monoisotopic (exact) mass is 2040 g/mol. The van der Waals surface area contributed by atoms with Crippen LogP contribution in [0, 0.1) is 52.3 Å². The number of anilines is 3. The molecule has 8 aromatic rings. The lowest BCUT2D eigenvalue weighted by Gasteiger charge is -2.36. The van der Waals surface area contributed by atoms with Gasteiger partial charge in [0.25, 0.3) is 0 Å². The van der Waals surface area contributed by atoms with E-state index in [1.54, 1.807) is 21.1 Å². The maximum absolute atomic E-state index is 14.1. The van der Waals surface area contributed by atoms with Crippen LogP contribution in [0.1, 0.15) is 192 Å². The zero-order valence-corrected chi connectivity index (χ0v) is 85.0. The van der Waals surface area contributed by atoms with E-state index >= 15 is 0 Å². The van der Waals surface area contributed by atoms with Crippen molar-refractivity contribution >= 4 is 101 Å². The number of hydrogen-bond donors (Lipinski definition) is 7. The quantitative estimate of drug-likeness (QED) is 0.0198. The molecule has 0 aromatic heterocycles. The van der Waals surface area contributed by atoms with Crippen molar-refractivity contribution in [1.29, 1.82) is 10.5 Å². The average molecular weight is 2050 g/mol. The second-order valence-electron chi connectivity index (χ2n) is 41.2. The Hall–Kier alpha value is -15.7. The van der Waals surface area contributed by atoms with Crippen molar-refractivity contribution in [2.24, 2.45) is 35.3 Å². The van der Waals surface area contributed by atoms with Gasteiger partial charge in [0.2, 0.25) is 41.4 Å². The molecule has 6 heterocycles. The third-order valence-corrected chi connectivity index (χ3v) is 31.6. The summed E-state index contributed by atoms with van der Waals surface area (Å²) in [4.78, 5) is 189. The summed E-state index contributed by atoms with van der Waals surface area (Å²) in [6.07, 6.45) is 15.8. The molecule has 150 heavy (non-hydrogen) atoms. The molecule has 788 valence electrons. The molecule has 3 saturated heterocycles. The first kappa shape index (κ1) is 109. The van der Waals surface area contributed by atoms with Gasteiger partial charge in [-0.2, -0.15) is 10.5 Å². The van der Waals surface area contributed by atoms with E-state index in [9.17, 15) is 82.8 Å². The topological polar surface area (TPSA) is 470 Å². The molecular weight excluding hydrogens is 1910 g/mol. The molecule has 19 rings (SSSR count). The number of primary amides is 1. The van der Waals surface area contributed by atoms with Crippen LogP contribution < -0.4 is 27.0 Å². The average Bonchev–Trinajstić information content (AvgIpc) is 1.58. The molecule has 8 N–H and O–H groups in total. The number of rotatable bonds is 31. The molecule has 5 saturated carbocycles. The fraction of sp³-hybridized carbons (Fsp3) is 0.443. The number of hydrogen-bond acceptors (Lipinski definition) is 21. The standard InChI is InChI=1S/C28H32N4O5.2C28H30N4O4.C16H21NO4.C15H19NO4/c1-31(27(36)37-16-19-8-3-2-4-9-19)22(14-18-10-7-11-18)25(34)32-17-28(15-23(32)24(29)33)20-12-5-6-13-21(20)30-26(28)35;2*1-31(27(35)36-17-20-8-3-2-4-9-20)24(14-19-10-7-11-19)25(33)32-18-28(15-21(32)16-29)22-12-5-6-13-23(22)30-26(28)34;1-17(14(15(18)19)10-12-8-5-9-12)16(20)21-11-13-6-3-2-4-7-13;17-14(18)13(9-11-7-4-8-11)16-15(19)20-10-12-5-2-1-3-6-12/h2-6,8-9,12-13,18,22-23H,7,10-11,14-17H2,1H3,(H2,29,33)(H,30,35);2*2-6,8-9,12-13,19,21,24H,7,10-11,14-15,17-18H2,1H3,(H,30,34);2-4,6-7,12,14H,5,8-11H2,1H3,(H,18,19);1-3,5-6,11,13H,4,7-10H2,(H,16,19)(H,17,18)/t22-,23-,28-;2*21-,24-,28-;14-;13-/m00000/s1. The van der Waals surface area contributed by atoms with Crippen LogP contribution >= 0.6 is 0 Å². The van der Waals surface area contributed by atoms with E-state index in [-0.39, 0.29) is 107 Å². The number of ether oxygens (including phenoxy) is 5. The van der Waals surface area contributed by atoms with Crippen LogP contribution in [-0.4, -0.2) is 224 Å². The minimum absolute atomic E-state index is 0.0242. The third kappa shape index (κ3) is 25.6. The van der Waals surface area contributed by atoms with Gasteiger partial charge in [0.05, 0.1) is 28.4 Å². The maximum atomic E-state index is 14.1. The predicted molar refractivity (Wildman–Crippen MR) is 552 cm³/mol. The number of carbonyl (C=O) groups is 14. The van der Waals surface area contributed by atoms with Crippen molar-refractivity contribution in [3.8, 4) is 12.1 Å².